The fourth-order valence-corrected chi connectivity index (χ4v) is 2.79. The molecule has 1 aromatic rings. The van der Waals surface area contributed by atoms with Gasteiger partial charge in [0.05, 0.1) is 20.4 Å². The molecule has 0 spiro atoms. The maximum absolute atomic E-state index is 5.41. The van der Waals surface area contributed by atoms with Crippen molar-refractivity contribution in [3.05, 3.63) is 9.02 Å². The van der Waals surface area contributed by atoms with Crippen molar-refractivity contribution in [1.29, 1.82) is 0 Å². The van der Waals surface area contributed by atoms with Gasteiger partial charge in [0.1, 0.15) is 0 Å². The average Bonchev–Trinajstić information content (AvgIpc) is 2.56. The van der Waals surface area contributed by atoms with E-state index in [1.807, 2.05) is 27.7 Å². The summed E-state index contributed by atoms with van der Waals surface area (Å²) in [4.78, 5) is 4.57. The van der Waals surface area contributed by atoms with Crippen molar-refractivity contribution in [2.75, 3.05) is 36.5 Å². The second-order valence-electron chi connectivity index (χ2n) is 5.13. The van der Waals surface area contributed by atoms with Gasteiger partial charge in [-0.2, -0.15) is 0 Å². The van der Waals surface area contributed by atoms with E-state index >= 15 is 0 Å². The molecule has 0 N–H and O–H groups in total. The van der Waals surface area contributed by atoms with Gasteiger partial charge in [-0.15, -0.1) is 0 Å². The minimum Gasteiger partial charge on any atom is -0.372 e. The van der Waals surface area contributed by atoms with Gasteiger partial charge in [-0.3, -0.25) is 0 Å². The molecule has 0 heterocycles. The van der Waals surface area contributed by atoms with Gasteiger partial charge >= 0.3 is 0 Å². The van der Waals surface area contributed by atoms with Gasteiger partial charge in [-0.05, 0) is 26.2 Å². The number of hydrogen-bond acceptors (Lipinski definition) is 4. The van der Waals surface area contributed by atoms with Crippen LogP contribution in [-0.4, -0.2) is 26.7 Å². The van der Waals surface area contributed by atoms with Gasteiger partial charge in [-0.1, -0.05) is 66.0 Å². The van der Waals surface area contributed by atoms with Gasteiger partial charge in [0.2, 0.25) is 0 Å². The quantitative estimate of drug-likeness (QED) is 0.527. The maximum atomic E-state index is 5.41. The molecule has 1 aromatic carbocycles. The van der Waals surface area contributed by atoms with E-state index in [2.05, 4.69) is 44.5 Å². The summed E-state index contributed by atoms with van der Waals surface area (Å²) < 4.78 is 1.75. The molecule has 2 nitrogen and oxygen atoms in total. The van der Waals surface area contributed by atoms with Crippen LogP contribution < -0.4 is 9.80 Å². The Morgan fingerprint density at radius 1 is 0.864 bits per heavy atom. The summed E-state index contributed by atoms with van der Waals surface area (Å²) in [5.41, 5.74) is 2.37. The summed E-state index contributed by atoms with van der Waals surface area (Å²) in [5.74, 6) is 0.713. The molecule has 4 heteroatoms. The van der Waals surface area contributed by atoms with Crippen LogP contribution in [0.25, 0.3) is 0 Å². The highest BCUT2D eigenvalue weighted by Crippen LogP contribution is 2.38. The largest absolute Gasteiger partial charge is 0.372 e. The van der Waals surface area contributed by atoms with E-state index < -0.39 is 0 Å². The number of hydrogen-bond donors (Lipinski definition) is 0. The molecule has 130 valence electrons. The summed E-state index contributed by atoms with van der Waals surface area (Å²) >= 11 is 10.8. The van der Waals surface area contributed by atoms with Gasteiger partial charge < -0.3 is 9.80 Å². The molecule has 0 radical (unpaired) electrons. The molecule has 0 aliphatic carbocycles. The molecule has 0 atom stereocenters. The SMILES string of the molecule is CC.CC.CCN(CC)c1c(N(C)CCC(C)C)c(=S)c1=S. The first-order valence-corrected chi connectivity index (χ1v) is 9.55. The predicted molar refractivity (Wildman–Crippen MR) is 109 cm³/mol. The van der Waals surface area contributed by atoms with Crippen LogP contribution in [0.15, 0.2) is 0 Å². The van der Waals surface area contributed by atoms with Crippen LogP contribution in [0.3, 0.4) is 0 Å². The molecule has 0 aliphatic heterocycles. The summed E-state index contributed by atoms with van der Waals surface area (Å²) in [6.07, 6.45) is 1.18. The van der Waals surface area contributed by atoms with Crippen LogP contribution in [-0.2, 0) is 0 Å². The van der Waals surface area contributed by atoms with E-state index in [4.69, 9.17) is 24.4 Å². The van der Waals surface area contributed by atoms with Crippen molar-refractivity contribution in [2.45, 2.75) is 61.8 Å². The van der Waals surface area contributed by atoms with Crippen LogP contribution in [0.2, 0.25) is 0 Å². The number of nitrogens with zero attached hydrogens (tertiary/aromatic N) is 2. The van der Waals surface area contributed by atoms with E-state index in [0.717, 1.165) is 28.7 Å². The lowest BCUT2D eigenvalue weighted by molar-refractivity contribution is 0.584. The van der Waals surface area contributed by atoms with Crippen molar-refractivity contribution < 1.29 is 0 Å². The van der Waals surface area contributed by atoms with Crippen LogP contribution in [0, 0.1) is 14.9 Å². The summed E-state index contributed by atoms with van der Waals surface area (Å²) in [5, 5.41) is 0. The molecule has 0 bridgehead atoms. The minimum atomic E-state index is 0.713. The zero-order valence-corrected chi connectivity index (χ0v) is 17.7. The van der Waals surface area contributed by atoms with Crippen molar-refractivity contribution in [1.82, 2.24) is 0 Å². The maximum Gasteiger partial charge on any atom is 0.0835 e. The standard InChI is InChI=1S/C14H24N2S2.2C2H6/c1-6-16(7-2)12-11(13(17)14(12)18)15(5)9-8-10(3)4;2*1-2/h10H,6-9H2,1-5H3;2*1-2H3. The van der Waals surface area contributed by atoms with E-state index in [1.54, 1.807) is 0 Å². The Kier molecular flexibility index (Phi) is 14.1. The summed E-state index contributed by atoms with van der Waals surface area (Å²) in [6, 6.07) is 0. The highest BCUT2D eigenvalue weighted by Gasteiger charge is 2.21. The summed E-state index contributed by atoms with van der Waals surface area (Å²) in [6.45, 7) is 19.8. The fourth-order valence-electron chi connectivity index (χ4n) is 2.12. The molecule has 1 rings (SSSR count). The first-order valence-electron chi connectivity index (χ1n) is 8.73. The van der Waals surface area contributed by atoms with Crippen LogP contribution in [0.4, 0.5) is 11.4 Å². The Balaban J connectivity index is 0. The van der Waals surface area contributed by atoms with Crippen LogP contribution in [0.1, 0.15) is 61.8 Å². The smallest absolute Gasteiger partial charge is 0.0835 e. The Labute approximate surface area is 149 Å². The molecule has 0 fully saturated rings. The monoisotopic (exact) mass is 344 g/mol. The molecule has 0 aliphatic rings. The third kappa shape index (κ3) is 6.33. The van der Waals surface area contributed by atoms with Crippen molar-refractivity contribution >= 4 is 35.8 Å². The Hall–Kier alpha value is -0.480. The third-order valence-electron chi connectivity index (χ3n) is 3.36. The highest BCUT2D eigenvalue weighted by atomic mass is 32.1. The molecule has 0 saturated heterocycles. The Bertz CT molecular complexity index is 456. The minimum absolute atomic E-state index is 0.713. The lowest BCUT2D eigenvalue weighted by atomic mass is 10.1. The van der Waals surface area contributed by atoms with Gasteiger partial charge in [0.15, 0.2) is 0 Å². The van der Waals surface area contributed by atoms with Crippen molar-refractivity contribution in [2.24, 2.45) is 5.92 Å². The van der Waals surface area contributed by atoms with E-state index in [0.29, 0.717) is 5.92 Å². The molecule has 22 heavy (non-hydrogen) atoms. The topological polar surface area (TPSA) is 6.48 Å². The second-order valence-corrected chi connectivity index (χ2v) is 5.95. The molecule has 0 unspecified atom stereocenters. The van der Waals surface area contributed by atoms with Crippen LogP contribution >= 0.6 is 24.4 Å². The molecule has 0 saturated carbocycles. The second kappa shape index (κ2) is 13.0. The molecular weight excluding hydrogens is 308 g/mol. The van der Waals surface area contributed by atoms with Gasteiger partial charge in [0, 0.05) is 26.7 Å². The zero-order chi connectivity index (χ0) is 17.9. The normalized spacial score (nSPS) is 9.73. The van der Waals surface area contributed by atoms with Crippen LogP contribution in [0.5, 0.6) is 0 Å². The fraction of sp³-hybridized carbons (Fsp3) is 0.778. The third-order valence-corrected chi connectivity index (χ3v) is 4.29. The highest BCUT2D eigenvalue weighted by molar-refractivity contribution is 7.74. The number of anilines is 2. The van der Waals surface area contributed by atoms with E-state index in [-0.39, 0.29) is 0 Å². The first kappa shape index (κ1) is 23.8. The lowest BCUT2D eigenvalue weighted by Gasteiger charge is -2.32. The Morgan fingerprint density at radius 2 is 1.27 bits per heavy atom. The molecule has 0 aromatic heterocycles. The van der Waals surface area contributed by atoms with Gasteiger partial charge in [-0.25, -0.2) is 0 Å². The van der Waals surface area contributed by atoms with Crippen molar-refractivity contribution in [3.8, 4) is 0 Å². The van der Waals surface area contributed by atoms with E-state index in [1.165, 1.54) is 17.8 Å². The predicted octanol–water partition coefficient (Wildman–Crippen LogP) is 6.40. The van der Waals surface area contributed by atoms with E-state index in [9.17, 15) is 0 Å². The lowest BCUT2D eigenvalue weighted by Crippen LogP contribution is -2.29. The van der Waals surface area contributed by atoms with Crippen molar-refractivity contribution in [3.63, 3.8) is 0 Å². The first-order chi connectivity index (χ1) is 10.4. The number of rotatable bonds is 7. The Morgan fingerprint density at radius 3 is 1.64 bits per heavy atom. The summed E-state index contributed by atoms with van der Waals surface area (Å²) in [7, 11) is 2.12. The van der Waals surface area contributed by atoms with Gasteiger partial charge in [0.25, 0.3) is 0 Å². The zero-order valence-electron chi connectivity index (χ0n) is 16.1. The average molecular weight is 345 g/mol. The molecular formula is C18H36N2S2. The molecule has 0 amide bonds.